The fraction of sp³-hybridized carbons (Fsp3) is 0.708. The second kappa shape index (κ2) is 12.2. The highest BCUT2D eigenvalue weighted by atomic mass is 16.5. The Labute approximate surface area is 197 Å². The van der Waals surface area contributed by atoms with Gasteiger partial charge in [-0.3, -0.25) is 24.2 Å². The SMILES string of the molecule is C=C1N(CCN(CCN(CC(=O)OC)CC(=O)OC)CC(=O)OC)C2=C(CCCC2)C1(C)C. The van der Waals surface area contributed by atoms with Crippen LogP contribution in [0.3, 0.4) is 0 Å². The predicted octanol–water partition coefficient (Wildman–Crippen LogP) is 1.79. The van der Waals surface area contributed by atoms with Gasteiger partial charge >= 0.3 is 17.9 Å². The van der Waals surface area contributed by atoms with E-state index >= 15 is 0 Å². The van der Waals surface area contributed by atoms with Crippen molar-refractivity contribution in [3.63, 3.8) is 0 Å². The predicted molar refractivity (Wildman–Crippen MR) is 124 cm³/mol. The van der Waals surface area contributed by atoms with E-state index in [0.717, 1.165) is 18.5 Å². The molecule has 0 bridgehead atoms. The highest BCUT2D eigenvalue weighted by molar-refractivity contribution is 5.74. The van der Waals surface area contributed by atoms with Crippen LogP contribution in [-0.4, -0.2) is 99.8 Å². The number of ether oxygens (including phenoxy) is 3. The van der Waals surface area contributed by atoms with Gasteiger partial charge in [0.25, 0.3) is 0 Å². The van der Waals surface area contributed by atoms with Gasteiger partial charge < -0.3 is 19.1 Å². The Hall–Kier alpha value is -2.39. The number of carbonyl (C=O) groups excluding carboxylic acids is 3. The summed E-state index contributed by atoms with van der Waals surface area (Å²) in [6, 6.07) is 0. The summed E-state index contributed by atoms with van der Waals surface area (Å²) < 4.78 is 14.4. The van der Waals surface area contributed by atoms with Crippen molar-refractivity contribution in [3.05, 3.63) is 23.5 Å². The fourth-order valence-corrected chi connectivity index (χ4v) is 4.55. The molecule has 2 rings (SSSR count). The minimum atomic E-state index is -0.439. The van der Waals surface area contributed by atoms with E-state index in [0.29, 0.717) is 26.2 Å². The lowest BCUT2D eigenvalue weighted by Gasteiger charge is -2.31. The summed E-state index contributed by atoms with van der Waals surface area (Å²) in [6.45, 7) is 11.1. The Balaban J connectivity index is 2.07. The fourth-order valence-electron chi connectivity index (χ4n) is 4.55. The quantitative estimate of drug-likeness (QED) is 0.316. The minimum absolute atomic E-state index is 0.0367. The van der Waals surface area contributed by atoms with Crippen LogP contribution in [0.2, 0.25) is 0 Å². The monoisotopic (exact) mass is 465 g/mol. The van der Waals surface area contributed by atoms with E-state index in [4.69, 9.17) is 14.2 Å². The Morgan fingerprint density at radius 3 is 1.88 bits per heavy atom. The molecule has 186 valence electrons. The molecular weight excluding hydrogens is 426 g/mol. The molecule has 0 spiro atoms. The van der Waals surface area contributed by atoms with Gasteiger partial charge in [-0.05, 0) is 31.3 Å². The zero-order valence-corrected chi connectivity index (χ0v) is 20.8. The van der Waals surface area contributed by atoms with Crippen LogP contribution in [0.25, 0.3) is 0 Å². The van der Waals surface area contributed by atoms with Crippen molar-refractivity contribution in [2.75, 3.05) is 67.1 Å². The van der Waals surface area contributed by atoms with Gasteiger partial charge in [0, 0.05) is 43.0 Å². The Bertz CT molecular complexity index is 758. The molecular formula is C24H39N3O6. The number of carbonyl (C=O) groups is 3. The first-order valence-electron chi connectivity index (χ1n) is 11.5. The van der Waals surface area contributed by atoms with E-state index in [1.807, 2.05) is 4.90 Å². The zero-order valence-electron chi connectivity index (χ0n) is 20.8. The highest BCUT2D eigenvalue weighted by Gasteiger charge is 2.41. The number of nitrogens with zero attached hydrogens (tertiary/aromatic N) is 3. The third-order valence-electron chi connectivity index (χ3n) is 6.68. The number of rotatable bonds is 12. The summed E-state index contributed by atoms with van der Waals surface area (Å²) in [7, 11) is 3.98. The first-order chi connectivity index (χ1) is 15.6. The summed E-state index contributed by atoms with van der Waals surface area (Å²) in [5, 5.41) is 0. The second-order valence-electron chi connectivity index (χ2n) is 9.07. The molecule has 0 aromatic heterocycles. The van der Waals surface area contributed by atoms with Gasteiger partial charge in [-0.25, -0.2) is 0 Å². The largest absolute Gasteiger partial charge is 0.468 e. The number of methoxy groups -OCH3 is 3. The molecule has 0 amide bonds. The molecule has 0 N–H and O–H groups in total. The van der Waals surface area contributed by atoms with E-state index in [1.165, 1.54) is 45.4 Å². The number of hydrogen-bond donors (Lipinski definition) is 0. The molecule has 0 fully saturated rings. The highest BCUT2D eigenvalue weighted by Crippen LogP contribution is 2.51. The van der Waals surface area contributed by atoms with Crippen molar-refractivity contribution in [3.8, 4) is 0 Å². The molecule has 9 nitrogen and oxygen atoms in total. The standard InChI is InChI=1S/C24H39N3O6/c1-18-24(2,3)19-9-7-8-10-20(19)27(18)14-13-25(15-21(28)31-4)11-12-26(16-22(29)32-5)17-23(30)33-6/h1,7-17H2,2-6H3. The van der Waals surface area contributed by atoms with Crippen LogP contribution in [0.4, 0.5) is 0 Å². The van der Waals surface area contributed by atoms with Crippen molar-refractivity contribution in [1.29, 1.82) is 0 Å². The van der Waals surface area contributed by atoms with Crippen LogP contribution in [0.5, 0.6) is 0 Å². The normalized spacial score (nSPS) is 17.4. The van der Waals surface area contributed by atoms with Crippen molar-refractivity contribution in [2.24, 2.45) is 5.41 Å². The third kappa shape index (κ3) is 7.04. The maximum atomic E-state index is 12.0. The van der Waals surface area contributed by atoms with E-state index < -0.39 is 11.9 Å². The number of allylic oxidation sites excluding steroid dienone is 2. The Morgan fingerprint density at radius 2 is 1.33 bits per heavy atom. The van der Waals surface area contributed by atoms with Crippen LogP contribution in [0.15, 0.2) is 23.5 Å². The summed E-state index contributed by atoms with van der Waals surface area (Å²) in [5.41, 5.74) is 3.93. The smallest absolute Gasteiger partial charge is 0.319 e. The lowest BCUT2D eigenvalue weighted by atomic mass is 9.79. The molecule has 0 atom stereocenters. The molecule has 0 unspecified atom stereocenters. The van der Waals surface area contributed by atoms with Gasteiger partial charge in [-0.1, -0.05) is 20.4 Å². The first kappa shape index (κ1) is 26.9. The number of esters is 3. The van der Waals surface area contributed by atoms with Crippen LogP contribution in [0, 0.1) is 5.41 Å². The molecule has 1 aliphatic carbocycles. The van der Waals surface area contributed by atoms with Crippen LogP contribution in [-0.2, 0) is 28.6 Å². The average molecular weight is 466 g/mol. The number of hydrogen-bond acceptors (Lipinski definition) is 9. The minimum Gasteiger partial charge on any atom is -0.468 e. The van der Waals surface area contributed by atoms with Crippen molar-refractivity contribution >= 4 is 17.9 Å². The van der Waals surface area contributed by atoms with Gasteiger partial charge in [-0.15, -0.1) is 0 Å². The molecule has 0 saturated carbocycles. The second-order valence-corrected chi connectivity index (χ2v) is 9.07. The molecule has 2 aliphatic rings. The van der Waals surface area contributed by atoms with Crippen molar-refractivity contribution < 1.29 is 28.6 Å². The van der Waals surface area contributed by atoms with E-state index in [9.17, 15) is 14.4 Å². The summed E-state index contributed by atoms with van der Waals surface area (Å²) in [4.78, 5) is 41.5. The zero-order chi connectivity index (χ0) is 24.6. The maximum absolute atomic E-state index is 12.0. The third-order valence-corrected chi connectivity index (χ3v) is 6.68. The van der Waals surface area contributed by atoms with Crippen molar-refractivity contribution in [2.45, 2.75) is 39.5 Å². The van der Waals surface area contributed by atoms with E-state index in [1.54, 1.807) is 4.90 Å². The lowest BCUT2D eigenvalue weighted by molar-refractivity contribution is -0.146. The van der Waals surface area contributed by atoms with Gasteiger partial charge in [0.1, 0.15) is 0 Å². The molecule has 0 aromatic carbocycles. The molecule has 9 heteroatoms. The van der Waals surface area contributed by atoms with Crippen LogP contribution in [0.1, 0.15) is 39.5 Å². The summed E-state index contributed by atoms with van der Waals surface area (Å²) >= 11 is 0. The van der Waals surface area contributed by atoms with Crippen molar-refractivity contribution in [1.82, 2.24) is 14.7 Å². The van der Waals surface area contributed by atoms with E-state index in [-0.39, 0.29) is 31.0 Å². The molecule has 1 heterocycles. The topological polar surface area (TPSA) is 88.6 Å². The van der Waals surface area contributed by atoms with E-state index in [2.05, 4.69) is 25.3 Å². The Kier molecular flexibility index (Phi) is 9.91. The molecule has 33 heavy (non-hydrogen) atoms. The lowest BCUT2D eigenvalue weighted by Crippen LogP contribution is -2.44. The van der Waals surface area contributed by atoms with Gasteiger partial charge in [0.05, 0.1) is 41.0 Å². The molecule has 1 aliphatic heterocycles. The molecule has 0 saturated heterocycles. The summed E-state index contributed by atoms with van der Waals surface area (Å²) in [6.07, 6.45) is 4.56. The van der Waals surface area contributed by atoms with Crippen LogP contribution >= 0.6 is 0 Å². The van der Waals surface area contributed by atoms with Gasteiger partial charge in [0.15, 0.2) is 0 Å². The molecule has 0 aromatic rings. The van der Waals surface area contributed by atoms with Gasteiger partial charge in [0.2, 0.25) is 0 Å². The Morgan fingerprint density at radius 1 is 0.848 bits per heavy atom. The van der Waals surface area contributed by atoms with Gasteiger partial charge in [-0.2, -0.15) is 0 Å². The average Bonchev–Trinajstić information content (AvgIpc) is 3.00. The maximum Gasteiger partial charge on any atom is 0.319 e. The summed E-state index contributed by atoms with van der Waals surface area (Å²) in [5.74, 6) is -1.21. The first-order valence-corrected chi connectivity index (χ1v) is 11.5. The molecule has 0 radical (unpaired) electrons. The van der Waals surface area contributed by atoms with Crippen LogP contribution < -0.4 is 0 Å².